The standard InChI is InChI=1S/C16H20N2O5/c1-10(2)14(18-15(20)13-6-4-8-23-13)16(21)17-11(9-19)12-5-3-7-22-12/h3-8,10-11,14,19H,9H2,1-2H3,(H,17,21)(H,18,20). The Balaban J connectivity index is 2.04. The number of nitrogens with one attached hydrogen (secondary N) is 2. The first-order valence-electron chi connectivity index (χ1n) is 7.32. The number of amides is 2. The summed E-state index contributed by atoms with van der Waals surface area (Å²) in [7, 11) is 0. The van der Waals surface area contributed by atoms with E-state index in [0.717, 1.165) is 0 Å². The van der Waals surface area contributed by atoms with E-state index in [9.17, 15) is 14.7 Å². The summed E-state index contributed by atoms with van der Waals surface area (Å²) in [6.45, 7) is 3.32. The molecule has 7 nitrogen and oxygen atoms in total. The second-order valence-electron chi connectivity index (χ2n) is 5.43. The third-order valence-corrected chi connectivity index (χ3v) is 3.37. The van der Waals surface area contributed by atoms with Gasteiger partial charge in [0.2, 0.25) is 5.91 Å². The highest BCUT2D eigenvalue weighted by Crippen LogP contribution is 2.14. The molecule has 0 saturated carbocycles. The van der Waals surface area contributed by atoms with E-state index in [-0.39, 0.29) is 18.3 Å². The van der Waals surface area contributed by atoms with Crippen molar-refractivity contribution in [3.8, 4) is 0 Å². The van der Waals surface area contributed by atoms with Crippen LogP contribution in [0.15, 0.2) is 45.6 Å². The van der Waals surface area contributed by atoms with E-state index in [1.54, 1.807) is 18.2 Å². The zero-order chi connectivity index (χ0) is 16.8. The highest BCUT2D eigenvalue weighted by atomic mass is 16.3. The van der Waals surface area contributed by atoms with Crippen molar-refractivity contribution in [3.63, 3.8) is 0 Å². The average Bonchev–Trinajstić information content (AvgIpc) is 3.22. The molecule has 0 aliphatic carbocycles. The monoisotopic (exact) mass is 320 g/mol. The van der Waals surface area contributed by atoms with Crippen molar-refractivity contribution in [2.75, 3.05) is 6.61 Å². The predicted octanol–water partition coefficient (Wildman–Crippen LogP) is 1.48. The van der Waals surface area contributed by atoms with Crippen LogP contribution in [0.25, 0.3) is 0 Å². The number of carbonyl (C=O) groups is 2. The van der Waals surface area contributed by atoms with Crippen LogP contribution in [0.3, 0.4) is 0 Å². The van der Waals surface area contributed by atoms with Crippen molar-refractivity contribution < 1.29 is 23.5 Å². The Labute approximate surface area is 133 Å². The highest BCUT2D eigenvalue weighted by Gasteiger charge is 2.28. The number of rotatable bonds is 7. The molecule has 0 fully saturated rings. The van der Waals surface area contributed by atoms with Crippen LogP contribution < -0.4 is 10.6 Å². The van der Waals surface area contributed by atoms with Crippen molar-refractivity contribution in [1.82, 2.24) is 10.6 Å². The Morgan fingerprint density at radius 1 is 1.13 bits per heavy atom. The van der Waals surface area contributed by atoms with E-state index >= 15 is 0 Å². The van der Waals surface area contributed by atoms with Gasteiger partial charge in [0.05, 0.1) is 19.1 Å². The number of aliphatic hydroxyl groups is 1. The molecule has 124 valence electrons. The molecular formula is C16H20N2O5. The molecule has 0 saturated heterocycles. The molecule has 0 aromatic carbocycles. The molecule has 2 rings (SSSR count). The number of carbonyl (C=O) groups excluding carboxylic acids is 2. The third kappa shape index (κ3) is 4.23. The van der Waals surface area contributed by atoms with Crippen LogP contribution >= 0.6 is 0 Å². The minimum atomic E-state index is -0.767. The molecule has 2 aromatic rings. The molecule has 23 heavy (non-hydrogen) atoms. The first-order valence-corrected chi connectivity index (χ1v) is 7.32. The zero-order valence-electron chi connectivity index (χ0n) is 13.0. The predicted molar refractivity (Wildman–Crippen MR) is 81.5 cm³/mol. The fourth-order valence-electron chi connectivity index (χ4n) is 2.11. The summed E-state index contributed by atoms with van der Waals surface area (Å²) in [5.74, 6) is -0.448. The van der Waals surface area contributed by atoms with Crippen LogP contribution in [0.4, 0.5) is 0 Å². The Morgan fingerprint density at radius 3 is 2.35 bits per heavy atom. The van der Waals surface area contributed by atoms with E-state index in [0.29, 0.717) is 5.76 Å². The van der Waals surface area contributed by atoms with E-state index in [1.165, 1.54) is 18.6 Å². The Hall–Kier alpha value is -2.54. The molecule has 2 unspecified atom stereocenters. The van der Waals surface area contributed by atoms with E-state index in [4.69, 9.17) is 8.83 Å². The van der Waals surface area contributed by atoms with Crippen LogP contribution in [-0.2, 0) is 4.79 Å². The summed E-state index contributed by atoms with van der Waals surface area (Å²) in [5.41, 5.74) is 0. The van der Waals surface area contributed by atoms with Crippen molar-refractivity contribution in [3.05, 3.63) is 48.3 Å². The zero-order valence-corrected chi connectivity index (χ0v) is 13.0. The molecule has 2 aromatic heterocycles. The molecule has 2 heterocycles. The Morgan fingerprint density at radius 2 is 1.83 bits per heavy atom. The molecule has 0 spiro atoms. The number of hydrogen-bond donors (Lipinski definition) is 3. The number of furan rings is 2. The van der Waals surface area contributed by atoms with Gasteiger partial charge in [0, 0.05) is 0 Å². The lowest BCUT2D eigenvalue weighted by molar-refractivity contribution is -0.125. The lowest BCUT2D eigenvalue weighted by Gasteiger charge is -2.23. The van der Waals surface area contributed by atoms with E-state index in [2.05, 4.69) is 10.6 Å². The van der Waals surface area contributed by atoms with Gasteiger partial charge in [-0.3, -0.25) is 9.59 Å². The summed E-state index contributed by atoms with van der Waals surface area (Å²) >= 11 is 0. The topological polar surface area (TPSA) is 105 Å². The molecule has 2 amide bonds. The Kier molecular flexibility index (Phi) is 5.59. The van der Waals surface area contributed by atoms with E-state index < -0.39 is 23.9 Å². The molecule has 3 N–H and O–H groups in total. The van der Waals surface area contributed by atoms with Gasteiger partial charge in [0.25, 0.3) is 5.91 Å². The minimum Gasteiger partial charge on any atom is -0.467 e. The fourth-order valence-corrected chi connectivity index (χ4v) is 2.11. The van der Waals surface area contributed by atoms with Gasteiger partial charge in [-0.25, -0.2) is 0 Å². The second-order valence-corrected chi connectivity index (χ2v) is 5.43. The third-order valence-electron chi connectivity index (χ3n) is 3.37. The van der Waals surface area contributed by atoms with Gasteiger partial charge in [-0.2, -0.15) is 0 Å². The molecule has 0 radical (unpaired) electrons. The molecule has 2 atom stereocenters. The van der Waals surface area contributed by atoms with Crippen LogP contribution in [0.1, 0.15) is 36.2 Å². The summed E-state index contributed by atoms with van der Waals surface area (Å²) in [5, 5.41) is 14.7. The smallest absolute Gasteiger partial charge is 0.287 e. The Bertz CT molecular complexity index is 619. The maximum absolute atomic E-state index is 12.4. The van der Waals surface area contributed by atoms with Crippen LogP contribution in [0.5, 0.6) is 0 Å². The normalized spacial score (nSPS) is 13.6. The van der Waals surface area contributed by atoms with Crippen molar-refractivity contribution in [1.29, 1.82) is 0 Å². The summed E-state index contributed by atoms with van der Waals surface area (Å²) < 4.78 is 10.2. The lowest BCUT2D eigenvalue weighted by atomic mass is 10.0. The second kappa shape index (κ2) is 7.64. The molecule has 7 heteroatoms. The molecule has 0 aliphatic rings. The minimum absolute atomic E-state index is 0.133. The quantitative estimate of drug-likeness (QED) is 0.716. The first-order chi connectivity index (χ1) is 11.0. The van der Waals surface area contributed by atoms with Gasteiger partial charge in [-0.05, 0) is 30.2 Å². The largest absolute Gasteiger partial charge is 0.467 e. The maximum Gasteiger partial charge on any atom is 0.287 e. The van der Waals surface area contributed by atoms with E-state index in [1.807, 2.05) is 13.8 Å². The average molecular weight is 320 g/mol. The number of aliphatic hydroxyl groups excluding tert-OH is 1. The molecule has 0 aliphatic heterocycles. The van der Waals surface area contributed by atoms with Gasteiger partial charge < -0.3 is 24.6 Å². The SMILES string of the molecule is CC(C)C(NC(=O)c1ccco1)C(=O)NC(CO)c1ccco1. The number of hydrogen-bond acceptors (Lipinski definition) is 5. The highest BCUT2D eigenvalue weighted by molar-refractivity contribution is 5.95. The molecular weight excluding hydrogens is 300 g/mol. The molecule has 0 bridgehead atoms. The lowest BCUT2D eigenvalue weighted by Crippen LogP contribution is -2.50. The van der Waals surface area contributed by atoms with Gasteiger partial charge in [-0.1, -0.05) is 13.8 Å². The van der Waals surface area contributed by atoms with Crippen molar-refractivity contribution >= 4 is 11.8 Å². The maximum atomic E-state index is 12.4. The fraction of sp³-hybridized carbons (Fsp3) is 0.375. The van der Waals surface area contributed by atoms with Gasteiger partial charge in [0.15, 0.2) is 5.76 Å². The van der Waals surface area contributed by atoms with Crippen LogP contribution in [-0.4, -0.2) is 29.6 Å². The van der Waals surface area contributed by atoms with Crippen molar-refractivity contribution in [2.45, 2.75) is 25.9 Å². The summed E-state index contributed by atoms with van der Waals surface area (Å²) in [6, 6.07) is 5.01. The van der Waals surface area contributed by atoms with Gasteiger partial charge in [-0.15, -0.1) is 0 Å². The van der Waals surface area contributed by atoms with Gasteiger partial charge >= 0.3 is 0 Å². The first kappa shape index (κ1) is 16.8. The van der Waals surface area contributed by atoms with Gasteiger partial charge in [0.1, 0.15) is 17.8 Å². The summed E-state index contributed by atoms with van der Waals surface area (Å²) in [6.07, 6.45) is 2.85. The van der Waals surface area contributed by atoms with Crippen LogP contribution in [0, 0.1) is 5.92 Å². The van der Waals surface area contributed by atoms with Crippen LogP contribution in [0.2, 0.25) is 0 Å². The summed E-state index contributed by atoms with van der Waals surface area (Å²) in [4.78, 5) is 24.5. The van der Waals surface area contributed by atoms with Crippen molar-refractivity contribution in [2.24, 2.45) is 5.92 Å².